The topological polar surface area (TPSA) is 66.8 Å². The van der Waals surface area contributed by atoms with E-state index >= 15 is 0 Å². The van der Waals surface area contributed by atoms with Crippen LogP contribution in [0.4, 0.5) is 0 Å². The van der Waals surface area contributed by atoms with Crippen LogP contribution in [-0.2, 0) is 6.54 Å². The largest absolute Gasteiger partial charge is 0.347 e. The Labute approximate surface area is 146 Å². The number of benzene rings is 1. The van der Waals surface area contributed by atoms with Crippen molar-refractivity contribution in [3.63, 3.8) is 0 Å². The van der Waals surface area contributed by atoms with E-state index in [0.717, 1.165) is 44.0 Å². The van der Waals surface area contributed by atoms with Crippen molar-refractivity contribution >= 4 is 0 Å². The Hall–Kier alpha value is -2.73. The first kappa shape index (κ1) is 15.8. The summed E-state index contributed by atoms with van der Waals surface area (Å²) < 4.78 is 1.71. The number of para-hydroxylation sites is 1. The standard InChI is InChI=1S/C19H21N5O/c25-19-22-21-18(24(19)17-8-2-1-3-9-17)16-7-5-11-23(14-16)13-15-6-4-10-20-12-15/h1-4,6,8-10,12,16H,5,7,11,13-14H2,(H,22,25)/t16-/m1/s1. The van der Waals surface area contributed by atoms with Crippen molar-refractivity contribution in [1.29, 1.82) is 0 Å². The van der Waals surface area contributed by atoms with Crippen LogP contribution in [0.15, 0.2) is 59.7 Å². The van der Waals surface area contributed by atoms with Crippen molar-refractivity contribution in [1.82, 2.24) is 24.6 Å². The molecule has 2 aromatic heterocycles. The molecule has 0 bridgehead atoms. The number of pyridine rings is 1. The third-order valence-electron chi connectivity index (χ3n) is 4.71. The molecule has 1 fully saturated rings. The average molecular weight is 335 g/mol. The fourth-order valence-corrected chi connectivity index (χ4v) is 3.57. The summed E-state index contributed by atoms with van der Waals surface area (Å²) in [4.78, 5) is 18.9. The van der Waals surface area contributed by atoms with E-state index in [1.54, 1.807) is 10.8 Å². The maximum absolute atomic E-state index is 12.3. The van der Waals surface area contributed by atoms with E-state index in [9.17, 15) is 4.79 Å². The third-order valence-corrected chi connectivity index (χ3v) is 4.71. The molecule has 1 aliphatic heterocycles. The van der Waals surface area contributed by atoms with Gasteiger partial charge in [-0.15, -0.1) is 0 Å². The van der Waals surface area contributed by atoms with Gasteiger partial charge in [0.05, 0.1) is 5.69 Å². The van der Waals surface area contributed by atoms with Gasteiger partial charge in [-0.3, -0.25) is 9.88 Å². The first-order valence-electron chi connectivity index (χ1n) is 8.65. The zero-order valence-electron chi connectivity index (χ0n) is 14.0. The van der Waals surface area contributed by atoms with E-state index in [1.165, 1.54) is 5.56 Å². The van der Waals surface area contributed by atoms with Gasteiger partial charge >= 0.3 is 5.69 Å². The summed E-state index contributed by atoms with van der Waals surface area (Å²) in [6.07, 6.45) is 5.85. The number of rotatable bonds is 4. The second-order valence-corrected chi connectivity index (χ2v) is 6.49. The number of hydrogen-bond acceptors (Lipinski definition) is 4. The van der Waals surface area contributed by atoms with E-state index in [-0.39, 0.29) is 11.6 Å². The molecule has 0 spiro atoms. The highest BCUT2D eigenvalue weighted by atomic mass is 16.1. The Morgan fingerprint density at radius 3 is 2.84 bits per heavy atom. The van der Waals surface area contributed by atoms with Gasteiger partial charge in [-0.2, -0.15) is 5.10 Å². The number of aromatic amines is 1. The van der Waals surface area contributed by atoms with E-state index in [0.29, 0.717) is 0 Å². The van der Waals surface area contributed by atoms with Crippen molar-refractivity contribution in [2.24, 2.45) is 0 Å². The minimum Gasteiger partial charge on any atom is -0.298 e. The van der Waals surface area contributed by atoms with E-state index in [2.05, 4.69) is 26.1 Å². The lowest BCUT2D eigenvalue weighted by molar-refractivity contribution is 0.195. The number of likely N-dealkylation sites (tertiary alicyclic amines) is 1. The number of hydrogen-bond donors (Lipinski definition) is 1. The van der Waals surface area contributed by atoms with Gasteiger partial charge in [0.15, 0.2) is 0 Å². The summed E-state index contributed by atoms with van der Waals surface area (Å²) in [5.74, 6) is 1.07. The van der Waals surface area contributed by atoms with Gasteiger partial charge < -0.3 is 0 Å². The summed E-state index contributed by atoms with van der Waals surface area (Å²) in [6, 6.07) is 13.8. The summed E-state index contributed by atoms with van der Waals surface area (Å²) in [7, 11) is 0. The Morgan fingerprint density at radius 1 is 1.16 bits per heavy atom. The van der Waals surface area contributed by atoms with E-state index in [1.807, 2.05) is 42.6 Å². The van der Waals surface area contributed by atoms with Gasteiger partial charge in [0.25, 0.3) is 0 Å². The lowest BCUT2D eigenvalue weighted by Crippen LogP contribution is -2.35. The van der Waals surface area contributed by atoms with Crippen molar-refractivity contribution < 1.29 is 0 Å². The van der Waals surface area contributed by atoms with Crippen LogP contribution < -0.4 is 5.69 Å². The molecule has 6 heteroatoms. The van der Waals surface area contributed by atoms with Gasteiger partial charge in [-0.1, -0.05) is 24.3 Å². The molecule has 0 radical (unpaired) electrons. The maximum atomic E-state index is 12.3. The van der Waals surface area contributed by atoms with Crippen molar-refractivity contribution in [2.45, 2.75) is 25.3 Å². The third kappa shape index (κ3) is 3.39. The molecule has 0 amide bonds. The first-order chi connectivity index (χ1) is 12.3. The molecule has 25 heavy (non-hydrogen) atoms. The zero-order valence-corrected chi connectivity index (χ0v) is 14.0. The second-order valence-electron chi connectivity index (χ2n) is 6.49. The number of aromatic nitrogens is 4. The highest BCUT2D eigenvalue weighted by Gasteiger charge is 2.26. The van der Waals surface area contributed by atoms with Gasteiger partial charge in [0.1, 0.15) is 5.82 Å². The maximum Gasteiger partial charge on any atom is 0.347 e. The number of nitrogens with zero attached hydrogens (tertiary/aromatic N) is 4. The van der Waals surface area contributed by atoms with Crippen LogP contribution in [0, 0.1) is 0 Å². The Bertz CT molecular complexity index is 872. The highest BCUT2D eigenvalue weighted by molar-refractivity contribution is 5.32. The molecule has 4 rings (SSSR count). The van der Waals surface area contributed by atoms with Gasteiger partial charge in [0, 0.05) is 31.4 Å². The smallest absolute Gasteiger partial charge is 0.298 e. The molecule has 0 saturated carbocycles. The number of nitrogens with one attached hydrogen (secondary N) is 1. The van der Waals surface area contributed by atoms with Gasteiger partial charge in [-0.25, -0.2) is 14.5 Å². The minimum absolute atomic E-state index is 0.175. The van der Waals surface area contributed by atoms with Gasteiger partial charge in [0.2, 0.25) is 0 Å². The zero-order chi connectivity index (χ0) is 17.1. The molecule has 3 heterocycles. The normalized spacial score (nSPS) is 18.3. The molecule has 1 aliphatic rings. The summed E-state index contributed by atoms with van der Waals surface area (Å²) in [5, 5.41) is 6.97. The summed E-state index contributed by atoms with van der Waals surface area (Å²) >= 11 is 0. The lowest BCUT2D eigenvalue weighted by Gasteiger charge is -2.32. The van der Waals surface area contributed by atoms with Crippen LogP contribution in [0.3, 0.4) is 0 Å². The monoisotopic (exact) mass is 335 g/mol. The molecule has 1 atom stereocenters. The molecular weight excluding hydrogens is 314 g/mol. The van der Waals surface area contributed by atoms with Crippen molar-refractivity contribution in [3.8, 4) is 5.69 Å². The summed E-state index contributed by atoms with van der Waals surface area (Å²) in [6.45, 7) is 2.84. The quantitative estimate of drug-likeness (QED) is 0.795. The average Bonchev–Trinajstić information content (AvgIpc) is 3.05. The molecule has 6 nitrogen and oxygen atoms in total. The van der Waals surface area contributed by atoms with Crippen LogP contribution in [0.5, 0.6) is 0 Å². The Kier molecular flexibility index (Phi) is 4.43. The van der Waals surface area contributed by atoms with E-state index in [4.69, 9.17) is 0 Å². The number of piperidine rings is 1. The van der Waals surface area contributed by atoms with Crippen LogP contribution >= 0.6 is 0 Å². The molecule has 1 saturated heterocycles. The van der Waals surface area contributed by atoms with Crippen LogP contribution in [-0.4, -0.2) is 37.7 Å². The minimum atomic E-state index is -0.175. The molecule has 1 aromatic carbocycles. The van der Waals surface area contributed by atoms with Crippen LogP contribution in [0.1, 0.15) is 30.1 Å². The predicted molar refractivity (Wildman–Crippen MR) is 95.7 cm³/mol. The lowest BCUT2D eigenvalue weighted by atomic mass is 9.96. The van der Waals surface area contributed by atoms with Crippen LogP contribution in [0.2, 0.25) is 0 Å². The summed E-state index contributed by atoms with van der Waals surface area (Å²) in [5.41, 5.74) is 1.90. The predicted octanol–water partition coefficient (Wildman–Crippen LogP) is 2.34. The van der Waals surface area contributed by atoms with Gasteiger partial charge in [-0.05, 0) is 43.1 Å². The van der Waals surface area contributed by atoms with Crippen LogP contribution in [0.25, 0.3) is 5.69 Å². The molecular formula is C19H21N5O. The van der Waals surface area contributed by atoms with E-state index < -0.39 is 0 Å². The molecule has 0 aliphatic carbocycles. The highest BCUT2D eigenvalue weighted by Crippen LogP contribution is 2.27. The SMILES string of the molecule is O=c1[nH]nc([C@@H]2CCCN(Cc3cccnc3)C2)n1-c1ccccc1. The molecule has 128 valence electrons. The molecule has 1 N–H and O–H groups in total. The first-order valence-corrected chi connectivity index (χ1v) is 8.65. The van der Waals surface area contributed by atoms with Crippen molar-refractivity contribution in [2.75, 3.05) is 13.1 Å². The number of H-pyrrole nitrogens is 1. The van der Waals surface area contributed by atoms with Crippen molar-refractivity contribution in [3.05, 3.63) is 76.7 Å². The fourth-order valence-electron chi connectivity index (χ4n) is 3.57. The molecule has 0 unspecified atom stereocenters. The Morgan fingerprint density at radius 2 is 2.04 bits per heavy atom. The Balaban J connectivity index is 1.57. The molecule has 3 aromatic rings. The fraction of sp³-hybridized carbons (Fsp3) is 0.316. The second kappa shape index (κ2) is 7.03.